The highest BCUT2D eigenvalue weighted by atomic mass is 28.4. The lowest BCUT2D eigenvalue weighted by molar-refractivity contribution is -0.149. The Hall–Kier alpha value is -0.926. The zero-order valence-corrected chi connectivity index (χ0v) is 20.4. The molecule has 5 nitrogen and oxygen atoms in total. The van der Waals surface area contributed by atoms with Gasteiger partial charge in [0.2, 0.25) is 8.32 Å². The first-order valence-electron chi connectivity index (χ1n) is 10.2. The molecule has 0 fully saturated rings. The SMILES string of the molecule is CCCCCCCCC(CC)(OC(=O)C=CC(=O)O)[Si](C)(C)O[Si](C)(C)C. The van der Waals surface area contributed by atoms with Crippen molar-refractivity contribution >= 4 is 28.6 Å². The van der Waals surface area contributed by atoms with E-state index in [1.807, 2.05) is 6.92 Å². The molecule has 158 valence electrons. The van der Waals surface area contributed by atoms with Crippen molar-refractivity contribution in [1.82, 2.24) is 0 Å². The Morgan fingerprint density at radius 1 is 0.926 bits per heavy atom. The first-order valence-corrected chi connectivity index (χ1v) is 16.5. The van der Waals surface area contributed by atoms with Crippen LogP contribution in [0.25, 0.3) is 0 Å². The third-order valence-corrected chi connectivity index (χ3v) is 12.2. The first kappa shape index (κ1) is 26.1. The van der Waals surface area contributed by atoms with Crippen molar-refractivity contribution < 1.29 is 23.5 Å². The summed E-state index contributed by atoms with van der Waals surface area (Å²) in [4.78, 5) is 23.0. The maximum atomic E-state index is 12.3. The highest BCUT2D eigenvalue weighted by Crippen LogP contribution is 2.37. The summed E-state index contributed by atoms with van der Waals surface area (Å²) in [5.41, 5.74) is 0. The Kier molecular flexibility index (Phi) is 11.4. The number of unbranched alkanes of at least 4 members (excludes halogenated alkanes) is 5. The Morgan fingerprint density at radius 3 is 1.96 bits per heavy atom. The van der Waals surface area contributed by atoms with E-state index in [1.165, 1.54) is 25.7 Å². The van der Waals surface area contributed by atoms with Crippen molar-refractivity contribution in [2.45, 2.75) is 103 Å². The first-order chi connectivity index (χ1) is 12.4. The number of aliphatic carboxylic acids is 1. The van der Waals surface area contributed by atoms with Crippen LogP contribution in [-0.4, -0.2) is 38.9 Å². The van der Waals surface area contributed by atoms with Gasteiger partial charge in [0.25, 0.3) is 0 Å². The van der Waals surface area contributed by atoms with Crippen LogP contribution in [0.1, 0.15) is 65.2 Å². The summed E-state index contributed by atoms with van der Waals surface area (Å²) in [6.07, 6.45) is 10.3. The smallest absolute Gasteiger partial charge is 0.331 e. The third-order valence-electron chi connectivity index (χ3n) is 4.82. The van der Waals surface area contributed by atoms with Gasteiger partial charge in [-0.15, -0.1) is 0 Å². The van der Waals surface area contributed by atoms with Crippen LogP contribution in [0.3, 0.4) is 0 Å². The van der Waals surface area contributed by atoms with Gasteiger partial charge in [-0.2, -0.15) is 0 Å². The summed E-state index contributed by atoms with van der Waals surface area (Å²) < 4.78 is 12.5. The minimum absolute atomic E-state index is 0.593. The molecular formula is C20H40O5Si2. The highest BCUT2D eigenvalue weighted by molar-refractivity contribution is 6.85. The minimum Gasteiger partial charge on any atom is -0.478 e. The summed E-state index contributed by atoms with van der Waals surface area (Å²) in [7, 11) is -4.19. The van der Waals surface area contributed by atoms with E-state index in [2.05, 4.69) is 39.7 Å². The number of ether oxygens (including phenoxy) is 1. The summed E-state index contributed by atoms with van der Waals surface area (Å²) in [6, 6.07) is 0. The van der Waals surface area contributed by atoms with Gasteiger partial charge in [-0.1, -0.05) is 46.0 Å². The number of carbonyl (C=O) groups excluding carboxylic acids is 1. The zero-order chi connectivity index (χ0) is 21.1. The van der Waals surface area contributed by atoms with E-state index < -0.39 is 33.8 Å². The van der Waals surface area contributed by atoms with E-state index in [9.17, 15) is 9.59 Å². The molecule has 1 N–H and O–H groups in total. The fourth-order valence-electron chi connectivity index (χ4n) is 3.56. The second-order valence-corrected chi connectivity index (χ2v) is 17.7. The second kappa shape index (κ2) is 11.8. The number of rotatable bonds is 14. The van der Waals surface area contributed by atoms with Gasteiger partial charge < -0.3 is 14.0 Å². The van der Waals surface area contributed by atoms with Gasteiger partial charge in [-0.25, -0.2) is 9.59 Å². The van der Waals surface area contributed by atoms with Crippen LogP contribution in [-0.2, 0) is 18.4 Å². The third kappa shape index (κ3) is 10.3. The fourth-order valence-corrected chi connectivity index (χ4v) is 12.4. The molecule has 7 heteroatoms. The van der Waals surface area contributed by atoms with Gasteiger partial charge in [-0.05, 0) is 52.0 Å². The van der Waals surface area contributed by atoms with Crippen LogP contribution in [0.2, 0.25) is 32.7 Å². The van der Waals surface area contributed by atoms with Crippen molar-refractivity contribution in [1.29, 1.82) is 0 Å². The van der Waals surface area contributed by atoms with Crippen LogP contribution in [0.4, 0.5) is 0 Å². The molecule has 0 rings (SSSR count). The zero-order valence-electron chi connectivity index (χ0n) is 18.4. The maximum absolute atomic E-state index is 12.3. The van der Waals surface area contributed by atoms with Crippen molar-refractivity contribution in [2.24, 2.45) is 0 Å². The Morgan fingerprint density at radius 2 is 1.48 bits per heavy atom. The van der Waals surface area contributed by atoms with Gasteiger partial charge in [0.05, 0.1) is 0 Å². The largest absolute Gasteiger partial charge is 0.478 e. The molecule has 0 heterocycles. The van der Waals surface area contributed by atoms with Gasteiger partial charge in [0, 0.05) is 12.2 Å². The Bertz CT molecular complexity index is 497. The van der Waals surface area contributed by atoms with Crippen LogP contribution >= 0.6 is 0 Å². The molecule has 27 heavy (non-hydrogen) atoms. The van der Waals surface area contributed by atoms with E-state index in [1.54, 1.807) is 0 Å². The van der Waals surface area contributed by atoms with E-state index in [-0.39, 0.29) is 0 Å². The molecule has 0 amide bonds. The van der Waals surface area contributed by atoms with Gasteiger partial charge in [0.15, 0.2) is 8.32 Å². The molecule has 0 aromatic carbocycles. The van der Waals surface area contributed by atoms with Crippen LogP contribution < -0.4 is 0 Å². The molecule has 0 aliphatic heterocycles. The molecule has 0 saturated heterocycles. The molecule has 0 aromatic rings. The number of carboxylic acids is 1. The molecule has 0 aliphatic carbocycles. The molecule has 1 atom stereocenters. The van der Waals surface area contributed by atoms with Crippen molar-refractivity contribution in [2.75, 3.05) is 0 Å². The predicted octanol–water partition coefficient (Wildman–Crippen LogP) is 5.67. The maximum Gasteiger partial charge on any atom is 0.331 e. The summed E-state index contributed by atoms with van der Waals surface area (Å²) >= 11 is 0. The van der Waals surface area contributed by atoms with E-state index in [0.29, 0.717) is 6.42 Å². The monoisotopic (exact) mass is 416 g/mol. The second-order valence-electron chi connectivity index (χ2n) is 8.68. The molecule has 0 saturated carbocycles. The van der Waals surface area contributed by atoms with E-state index in [0.717, 1.165) is 31.4 Å². The van der Waals surface area contributed by atoms with Gasteiger partial charge in [-0.3, -0.25) is 0 Å². The number of carbonyl (C=O) groups is 2. The molecule has 0 aromatic heterocycles. The van der Waals surface area contributed by atoms with Crippen molar-refractivity contribution in [3.63, 3.8) is 0 Å². The molecule has 0 bridgehead atoms. The number of esters is 1. The summed E-state index contributed by atoms with van der Waals surface area (Å²) in [5, 5.41) is 8.13. The average Bonchev–Trinajstić information content (AvgIpc) is 2.52. The fraction of sp³-hybridized carbons (Fsp3) is 0.800. The topological polar surface area (TPSA) is 72.8 Å². The van der Waals surface area contributed by atoms with Crippen LogP contribution in [0.15, 0.2) is 12.2 Å². The van der Waals surface area contributed by atoms with Gasteiger partial charge >= 0.3 is 11.9 Å². The lowest BCUT2D eigenvalue weighted by Gasteiger charge is -2.46. The van der Waals surface area contributed by atoms with Crippen molar-refractivity contribution in [3.8, 4) is 0 Å². The number of carboxylic acid groups (broad SMARTS) is 1. The Labute approximate surface area is 167 Å². The predicted molar refractivity (Wildman–Crippen MR) is 116 cm³/mol. The van der Waals surface area contributed by atoms with Crippen LogP contribution in [0.5, 0.6) is 0 Å². The molecule has 0 radical (unpaired) electrons. The quantitative estimate of drug-likeness (QED) is 0.171. The molecule has 0 spiro atoms. The highest BCUT2D eigenvalue weighted by Gasteiger charge is 2.51. The number of hydrogen-bond donors (Lipinski definition) is 1. The number of hydrogen-bond acceptors (Lipinski definition) is 4. The van der Waals surface area contributed by atoms with Crippen molar-refractivity contribution in [3.05, 3.63) is 12.2 Å². The lowest BCUT2D eigenvalue weighted by Crippen LogP contribution is -2.62. The van der Waals surface area contributed by atoms with E-state index >= 15 is 0 Å². The normalized spacial score (nSPS) is 14.9. The van der Waals surface area contributed by atoms with E-state index in [4.69, 9.17) is 14.0 Å². The Balaban J connectivity index is 5.35. The minimum atomic E-state index is -2.38. The lowest BCUT2D eigenvalue weighted by atomic mass is 10.1. The van der Waals surface area contributed by atoms with Crippen LogP contribution in [0, 0.1) is 0 Å². The van der Waals surface area contributed by atoms with Gasteiger partial charge in [0.1, 0.15) is 5.22 Å². The summed E-state index contributed by atoms with van der Waals surface area (Å²) in [5.74, 6) is -1.75. The molecular weight excluding hydrogens is 376 g/mol. The standard InChI is InChI=1S/C20H40O5Si2/c1-8-10-11-12-13-14-17-20(9-2,24-19(23)16-15-18(21)22)27(6,7)25-26(3,4)5/h15-16H,8-14,17H2,1-7H3,(H,21,22). The molecule has 0 aliphatic rings. The average molecular weight is 417 g/mol. The molecule has 1 unspecified atom stereocenters. The summed E-state index contributed by atoms with van der Waals surface area (Å²) in [6.45, 7) is 14.9.